The van der Waals surface area contributed by atoms with Gasteiger partial charge in [-0.1, -0.05) is 6.07 Å². The molecule has 1 aliphatic heterocycles. The summed E-state index contributed by atoms with van der Waals surface area (Å²) in [6.07, 6.45) is 1.59. The van der Waals surface area contributed by atoms with E-state index in [1.165, 1.54) is 5.56 Å². The third-order valence-corrected chi connectivity index (χ3v) is 3.79. The first kappa shape index (κ1) is 9.73. The molecule has 3 rings (SSSR count). The van der Waals surface area contributed by atoms with E-state index in [4.69, 9.17) is 4.42 Å². The fourth-order valence-electron chi connectivity index (χ4n) is 1.88. The standard InChI is InChI=1S/C13H10O2S/c1-8-2-3-10-12(6-8)16-7-11-9(13(10)14)4-5-15-11/h2-6H,7H2,1H3. The Hall–Kier alpha value is -1.48. The van der Waals surface area contributed by atoms with E-state index >= 15 is 0 Å². The third kappa shape index (κ3) is 1.39. The van der Waals surface area contributed by atoms with Gasteiger partial charge >= 0.3 is 0 Å². The van der Waals surface area contributed by atoms with Gasteiger partial charge in [-0.05, 0) is 30.7 Å². The molecular formula is C13H10O2S. The zero-order chi connectivity index (χ0) is 11.1. The van der Waals surface area contributed by atoms with Crippen molar-refractivity contribution in [1.82, 2.24) is 0 Å². The lowest BCUT2D eigenvalue weighted by molar-refractivity contribution is 0.103. The second-order valence-corrected chi connectivity index (χ2v) is 4.89. The number of benzene rings is 1. The molecule has 3 heteroatoms. The molecule has 0 unspecified atom stereocenters. The summed E-state index contributed by atoms with van der Waals surface area (Å²) in [5.74, 6) is 1.58. The van der Waals surface area contributed by atoms with Crippen LogP contribution in [0.5, 0.6) is 0 Å². The molecule has 1 aromatic heterocycles. The second-order valence-electron chi connectivity index (χ2n) is 3.87. The van der Waals surface area contributed by atoms with Gasteiger partial charge in [-0.2, -0.15) is 0 Å². The normalized spacial score (nSPS) is 14.2. The zero-order valence-electron chi connectivity index (χ0n) is 8.82. The number of hydrogen-bond donors (Lipinski definition) is 0. The summed E-state index contributed by atoms with van der Waals surface area (Å²) in [7, 11) is 0. The van der Waals surface area contributed by atoms with Gasteiger partial charge in [0.25, 0.3) is 0 Å². The van der Waals surface area contributed by atoms with Gasteiger partial charge in [-0.15, -0.1) is 11.8 Å². The van der Waals surface area contributed by atoms with Gasteiger partial charge in [-0.3, -0.25) is 4.79 Å². The van der Waals surface area contributed by atoms with Crippen LogP contribution in [-0.2, 0) is 5.75 Å². The highest BCUT2D eigenvalue weighted by Crippen LogP contribution is 2.34. The minimum atomic E-state index is 0.0729. The molecule has 0 fully saturated rings. The molecule has 2 heterocycles. The van der Waals surface area contributed by atoms with Gasteiger partial charge in [0.2, 0.25) is 0 Å². The quantitative estimate of drug-likeness (QED) is 0.694. The molecule has 0 saturated carbocycles. The number of carbonyl (C=O) groups is 1. The highest BCUT2D eigenvalue weighted by Gasteiger charge is 2.23. The van der Waals surface area contributed by atoms with Crippen molar-refractivity contribution >= 4 is 17.5 Å². The Morgan fingerprint density at radius 2 is 2.12 bits per heavy atom. The fraction of sp³-hybridized carbons (Fsp3) is 0.154. The van der Waals surface area contributed by atoms with Crippen molar-refractivity contribution < 1.29 is 9.21 Å². The first-order chi connectivity index (χ1) is 7.75. The molecule has 0 N–H and O–H groups in total. The Morgan fingerprint density at radius 3 is 3.00 bits per heavy atom. The molecule has 0 saturated heterocycles. The lowest BCUT2D eigenvalue weighted by Crippen LogP contribution is -2.01. The smallest absolute Gasteiger partial charge is 0.197 e. The molecule has 0 atom stereocenters. The molecule has 16 heavy (non-hydrogen) atoms. The van der Waals surface area contributed by atoms with Crippen LogP contribution in [0.4, 0.5) is 0 Å². The number of furan rings is 1. The van der Waals surface area contributed by atoms with E-state index in [1.807, 2.05) is 19.1 Å². The Kier molecular flexibility index (Phi) is 2.14. The molecule has 1 aliphatic rings. The molecular weight excluding hydrogens is 220 g/mol. The van der Waals surface area contributed by atoms with Crippen molar-refractivity contribution in [3.8, 4) is 0 Å². The van der Waals surface area contributed by atoms with E-state index in [2.05, 4.69) is 6.07 Å². The maximum atomic E-state index is 12.2. The Labute approximate surface area is 97.7 Å². The lowest BCUT2D eigenvalue weighted by Gasteiger charge is -2.04. The third-order valence-electron chi connectivity index (χ3n) is 2.73. The number of aryl methyl sites for hydroxylation is 1. The van der Waals surface area contributed by atoms with Gasteiger partial charge < -0.3 is 4.42 Å². The molecule has 0 amide bonds. The summed E-state index contributed by atoms with van der Waals surface area (Å²) in [6, 6.07) is 7.70. The maximum Gasteiger partial charge on any atom is 0.197 e. The Balaban J connectivity index is 2.20. The van der Waals surface area contributed by atoms with Gasteiger partial charge in [0, 0.05) is 10.5 Å². The van der Waals surface area contributed by atoms with E-state index in [9.17, 15) is 4.79 Å². The van der Waals surface area contributed by atoms with Crippen LogP contribution in [0.25, 0.3) is 0 Å². The van der Waals surface area contributed by atoms with Crippen LogP contribution in [0.3, 0.4) is 0 Å². The van der Waals surface area contributed by atoms with Crippen molar-refractivity contribution in [3.05, 3.63) is 53.0 Å². The van der Waals surface area contributed by atoms with E-state index in [0.29, 0.717) is 5.56 Å². The molecule has 1 aromatic carbocycles. The van der Waals surface area contributed by atoms with Crippen molar-refractivity contribution in [2.24, 2.45) is 0 Å². The van der Waals surface area contributed by atoms with E-state index in [0.717, 1.165) is 22.0 Å². The highest BCUT2D eigenvalue weighted by molar-refractivity contribution is 7.98. The van der Waals surface area contributed by atoms with Crippen molar-refractivity contribution in [2.75, 3.05) is 0 Å². The zero-order valence-corrected chi connectivity index (χ0v) is 9.64. The number of thioether (sulfide) groups is 1. The topological polar surface area (TPSA) is 30.2 Å². The average molecular weight is 230 g/mol. The van der Waals surface area contributed by atoms with Crippen LogP contribution in [0.2, 0.25) is 0 Å². The van der Waals surface area contributed by atoms with Crippen molar-refractivity contribution in [3.63, 3.8) is 0 Å². The maximum absolute atomic E-state index is 12.2. The minimum Gasteiger partial charge on any atom is -0.468 e. The first-order valence-corrected chi connectivity index (χ1v) is 6.09. The van der Waals surface area contributed by atoms with Gasteiger partial charge in [-0.25, -0.2) is 0 Å². The highest BCUT2D eigenvalue weighted by atomic mass is 32.2. The van der Waals surface area contributed by atoms with E-state index in [-0.39, 0.29) is 5.78 Å². The predicted octanol–water partition coefficient (Wildman–Crippen LogP) is 3.42. The molecule has 2 nitrogen and oxygen atoms in total. The summed E-state index contributed by atoms with van der Waals surface area (Å²) in [4.78, 5) is 13.3. The molecule has 0 aliphatic carbocycles. The Bertz CT molecular complexity index is 569. The van der Waals surface area contributed by atoms with Gasteiger partial charge in [0.05, 0.1) is 17.6 Å². The van der Waals surface area contributed by atoms with Crippen molar-refractivity contribution in [2.45, 2.75) is 17.6 Å². The number of hydrogen-bond acceptors (Lipinski definition) is 3. The summed E-state index contributed by atoms with van der Waals surface area (Å²) in [5, 5.41) is 0. The Morgan fingerprint density at radius 1 is 1.25 bits per heavy atom. The van der Waals surface area contributed by atoms with Crippen molar-refractivity contribution in [1.29, 1.82) is 0 Å². The minimum absolute atomic E-state index is 0.0729. The second kappa shape index (κ2) is 3.52. The van der Waals surface area contributed by atoms with E-state index < -0.39 is 0 Å². The number of rotatable bonds is 0. The summed E-state index contributed by atoms with van der Waals surface area (Å²) in [5.41, 5.74) is 2.67. The number of carbonyl (C=O) groups excluding carboxylic acids is 1. The summed E-state index contributed by atoms with van der Waals surface area (Å²) < 4.78 is 5.33. The predicted molar refractivity (Wildman–Crippen MR) is 62.9 cm³/mol. The SMILES string of the molecule is Cc1ccc2c(c1)SCc1occc1C2=O. The van der Waals surface area contributed by atoms with Crippen LogP contribution in [-0.4, -0.2) is 5.78 Å². The molecule has 0 spiro atoms. The summed E-state index contributed by atoms with van der Waals surface area (Å²) >= 11 is 1.66. The monoisotopic (exact) mass is 230 g/mol. The molecule has 2 aromatic rings. The van der Waals surface area contributed by atoms with E-state index in [1.54, 1.807) is 24.1 Å². The fourth-order valence-corrected chi connectivity index (χ4v) is 2.98. The number of fused-ring (bicyclic) bond motifs is 2. The van der Waals surface area contributed by atoms with Gasteiger partial charge in [0.1, 0.15) is 5.76 Å². The number of ketones is 1. The van der Waals surface area contributed by atoms with Gasteiger partial charge in [0.15, 0.2) is 5.78 Å². The average Bonchev–Trinajstić information content (AvgIpc) is 2.69. The van der Waals surface area contributed by atoms with Crippen LogP contribution < -0.4 is 0 Å². The van der Waals surface area contributed by atoms with Crippen LogP contribution in [0.1, 0.15) is 27.2 Å². The molecule has 80 valence electrons. The lowest BCUT2D eigenvalue weighted by atomic mass is 10.0. The largest absolute Gasteiger partial charge is 0.468 e. The first-order valence-electron chi connectivity index (χ1n) is 5.10. The van der Waals surface area contributed by atoms with Crippen LogP contribution in [0, 0.1) is 6.92 Å². The van der Waals surface area contributed by atoms with Crippen LogP contribution in [0.15, 0.2) is 39.8 Å². The molecule has 0 bridgehead atoms. The van der Waals surface area contributed by atoms with Crippen LogP contribution >= 0.6 is 11.8 Å². The molecule has 0 radical (unpaired) electrons. The summed E-state index contributed by atoms with van der Waals surface area (Å²) in [6.45, 7) is 2.04.